The van der Waals surface area contributed by atoms with Crippen LogP contribution in [0, 0.1) is 0 Å². The lowest BCUT2D eigenvalue weighted by atomic mass is 10.2. The molecule has 1 aromatic heterocycles. The third-order valence-corrected chi connectivity index (χ3v) is 2.55. The zero-order valence-electron chi connectivity index (χ0n) is 12.9. The first kappa shape index (κ1) is 24.8. The Kier molecular flexibility index (Phi) is 9.72. The lowest BCUT2D eigenvalue weighted by Crippen LogP contribution is -2.27. The number of nitrogen functional groups attached to an aromatic ring is 1. The SMILES string of the molecule is Nc1ccn([C@H]2C[C@H](O)[C@@H](CO)O2)c(=O)n1.O=P(O)(O)O.O=P(O)(O)O. The van der Waals surface area contributed by atoms with Crippen molar-refractivity contribution in [1.82, 2.24) is 9.55 Å². The summed E-state index contributed by atoms with van der Waals surface area (Å²) in [5.41, 5.74) is 4.82. The molecule has 0 bridgehead atoms. The van der Waals surface area contributed by atoms with Crippen LogP contribution in [0.15, 0.2) is 17.1 Å². The van der Waals surface area contributed by atoms with Crippen LogP contribution in [-0.4, -0.2) is 67.9 Å². The fourth-order valence-corrected chi connectivity index (χ4v) is 1.70. The van der Waals surface area contributed by atoms with Gasteiger partial charge in [-0.05, 0) is 6.07 Å². The number of anilines is 1. The molecule has 1 aromatic rings. The van der Waals surface area contributed by atoms with Gasteiger partial charge < -0.3 is 50.0 Å². The van der Waals surface area contributed by atoms with E-state index < -0.39 is 39.8 Å². The van der Waals surface area contributed by atoms with Crippen LogP contribution >= 0.6 is 15.6 Å². The van der Waals surface area contributed by atoms with Gasteiger partial charge in [0.2, 0.25) is 0 Å². The molecule has 1 aliphatic heterocycles. The van der Waals surface area contributed by atoms with Crippen molar-refractivity contribution >= 4 is 21.5 Å². The van der Waals surface area contributed by atoms with Gasteiger partial charge in [0, 0.05) is 12.6 Å². The van der Waals surface area contributed by atoms with E-state index in [1.54, 1.807) is 0 Å². The highest BCUT2D eigenvalue weighted by Crippen LogP contribution is 2.27. The molecule has 10 N–H and O–H groups in total. The summed E-state index contributed by atoms with van der Waals surface area (Å²) >= 11 is 0. The maximum Gasteiger partial charge on any atom is 0.466 e. The van der Waals surface area contributed by atoms with Gasteiger partial charge in [0.25, 0.3) is 0 Å². The highest BCUT2D eigenvalue weighted by Gasteiger charge is 2.34. The first-order chi connectivity index (χ1) is 11.6. The molecule has 17 heteroatoms. The largest absolute Gasteiger partial charge is 0.466 e. The predicted molar refractivity (Wildman–Crippen MR) is 83.1 cm³/mol. The number of ether oxygens (including phenoxy) is 1. The van der Waals surface area contributed by atoms with Crippen molar-refractivity contribution in [3.8, 4) is 0 Å². The van der Waals surface area contributed by atoms with Gasteiger partial charge in [-0.15, -0.1) is 0 Å². The molecule has 3 atom stereocenters. The average molecular weight is 423 g/mol. The Bertz CT molecular complexity index is 678. The van der Waals surface area contributed by atoms with Gasteiger partial charge in [-0.1, -0.05) is 0 Å². The summed E-state index contributed by atoms with van der Waals surface area (Å²) in [4.78, 5) is 58.2. The lowest BCUT2D eigenvalue weighted by molar-refractivity contribution is -0.0458. The fraction of sp³-hybridized carbons (Fsp3) is 0.556. The monoisotopic (exact) mass is 423 g/mol. The molecule has 26 heavy (non-hydrogen) atoms. The summed E-state index contributed by atoms with van der Waals surface area (Å²) in [6.07, 6.45) is -0.333. The first-order valence-electron chi connectivity index (χ1n) is 6.47. The minimum atomic E-state index is -4.64. The number of hydrogen-bond donors (Lipinski definition) is 9. The molecule has 2 heterocycles. The number of aliphatic hydroxyl groups excluding tert-OH is 2. The molecule has 0 aliphatic carbocycles. The van der Waals surface area contributed by atoms with E-state index >= 15 is 0 Å². The molecule has 0 aromatic carbocycles. The van der Waals surface area contributed by atoms with Crippen molar-refractivity contribution in [1.29, 1.82) is 0 Å². The maximum atomic E-state index is 11.5. The number of nitrogens with two attached hydrogens (primary N) is 1. The predicted octanol–water partition coefficient (Wildman–Crippen LogP) is -3.39. The van der Waals surface area contributed by atoms with Crippen LogP contribution in [0.2, 0.25) is 0 Å². The zero-order chi connectivity index (χ0) is 20.7. The second-order valence-electron chi connectivity index (χ2n) is 4.68. The summed E-state index contributed by atoms with van der Waals surface area (Å²) in [5, 5.41) is 18.4. The van der Waals surface area contributed by atoms with Gasteiger partial charge in [-0.25, -0.2) is 13.9 Å². The molecule has 0 spiro atoms. The molecule has 1 fully saturated rings. The third kappa shape index (κ3) is 12.2. The molecule has 152 valence electrons. The van der Waals surface area contributed by atoms with Crippen LogP contribution in [0.4, 0.5) is 5.82 Å². The second kappa shape index (κ2) is 10.2. The summed E-state index contributed by atoms with van der Waals surface area (Å²) < 4.78 is 24.3. The van der Waals surface area contributed by atoms with Gasteiger partial charge in [-0.3, -0.25) is 4.57 Å². The van der Waals surface area contributed by atoms with Gasteiger partial charge in [-0.2, -0.15) is 4.98 Å². The highest BCUT2D eigenvalue weighted by molar-refractivity contribution is 7.45. The standard InChI is InChI=1S/C9H13N3O4.2H3O4P/c10-7-1-2-12(9(15)11-7)8-3-5(14)6(4-13)16-8;2*1-5(2,3)4/h1-2,5-6,8,13-14H,3-4H2,(H2,10,11,15);2*(H3,1,2,3,4)/t5-,6+,8+;;/m0../s1. The van der Waals surface area contributed by atoms with Gasteiger partial charge in [0.05, 0.1) is 12.7 Å². The molecule has 2 rings (SSSR count). The van der Waals surface area contributed by atoms with Crippen molar-refractivity contribution in [3.05, 3.63) is 22.7 Å². The molecule has 0 radical (unpaired) electrons. The molecular weight excluding hydrogens is 404 g/mol. The van der Waals surface area contributed by atoms with Crippen molar-refractivity contribution in [2.75, 3.05) is 12.3 Å². The molecule has 0 amide bonds. The average Bonchev–Trinajstić information content (AvgIpc) is 2.75. The van der Waals surface area contributed by atoms with E-state index in [0.717, 1.165) is 0 Å². The van der Waals surface area contributed by atoms with Crippen LogP contribution in [0.1, 0.15) is 12.6 Å². The molecule has 0 saturated carbocycles. The normalized spacial score (nSPS) is 22.7. The lowest BCUT2D eigenvalue weighted by Gasteiger charge is -2.13. The topological polar surface area (TPSA) is 266 Å². The Hall–Kier alpha value is -1.22. The first-order valence-corrected chi connectivity index (χ1v) is 9.60. The quantitative estimate of drug-likeness (QED) is 0.210. The van der Waals surface area contributed by atoms with Gasteiger partial charge in [0.15, 0.2) is 0 Å². The van der Waals surface area contributed by atoms with Crippen LogP contribution in [0.3, 0.4) is 0 Å². The van der Waals surface area contributed by atoms with Crippen molar-refractivity contribution in [3.63, 3.8) is 0 Å². The van der Waals surface area contributed by atoms with Crippen LogP contribution in [-0.2, 0) is 13.9 Å². The number of nitrogens with zero attached hydrogens (tertiary/aromatic N) is 2. The minimum absolute atomic E-state index is 0.138. The minimum Gasteiger partial charge on any atom is -0.394 e. The van der Waals surface area contributed by atoms with E-state index in [0.29, 0.717) is 0 Å². The second-order valence-corrected chi connectivity index (χ2v) is 6.74. The molecule has 1 aliphatic rings. The highest BCUT2D eigenvalue weighted by atomic mass is 31.2. The van der Waals surface area contributed by atoms with E-state index in [1.807, 2.05) is 0 Å². The van der Waals surface area contributed by atoms with E-state index in [2.05, 4.69) is 4.98 Å². The van der Waals surface area contributed by atoms with Crippen LogP contribution in [0.25, 0.3) is 0 Å². The summed E-state index contributed by atoms with van der Waals surface area (Å²) in [6, 6.07) is 1.48. The van der Waals surface area contributed by atoms with E-state index in [1.165, 1.54) is 16.8 Å². The zero-order valence-corrected chi connectivity index (χ0v) is 14.7. The number of rotatable bonds is 2. The Labute approximate surface area is 145 Å². The maximum absolute atomic E-state index is 11.5. The van der Waals surface area contributed by atoms with Crippen molar-refractivity contribution in [2.24, 2.45) is 0 Å². The Morgan fingerprint density at radius 1 is 1.19 bits per heavy atom. The summed E-state index contributed by atoms with van der Waals surface area (Å²) in [6.45, 7) is -0.283. The third-order valence-electron chi connectivity index (χ3n) is 2.55. The van der Waals surface area contributed by atoms with E-state index in [4.69, 9.17) is 54.1 Å². The number of aliphatic hydroxyl groups is 2. The Morgan fingerprint density at radius 3 is 2.00 bits per heavy atom. The number of aromatic nitrogens is 2. The van der Waals surface area contributed by atoms with Crippen molar-refractivity contribution < 1.29 is 53.4 Å². The number of phosphoric acid groups is 2. The molecule has 1 saturated heterocycles. The van der Waals surface area contributed by atoms with Crippen molar-refractivity contribution in [2.45, 2.75) is 24.9 Å². The van der Waals surface area contributed by atoms with E-state index in [-0.39, 0.29) is 18.8 Å². The molecular formula is C9H19N3O12P2. The van der Waals surface area contributed by atoms with Gasteiger partial charge >= 0.3 is 21.3 Å². The van der Waals surface area contributed by atoms with Crippen LogP contribution < -0.4 is 11.4 Å². The Balaban J connectivity index is 0.000000520. The Morgan fingerprint density at radius 2 is 1.65 bits per heavy atom. The number of hydrogen-bond acceptors (Lipinski definition) is 8. The molecule has 15 nitrogen and oxygen atoms in total. The summed E-state index contributed by atoms with van der Waals surface area (Å²) in [7, 11) is -9.28. The fourth-order valence-electron chi connectivity index (χ4n) is 1.70. The smallest absolute Gasteiger partial charge is 0.394 e. The molecule has 0 unspecified atom stereocenters. The van der Waals surface area contributed by atoms with E-state index in [9.17, 15) is 9.90 Å². The van der Waals surface area contributed by atoms with Gasteiger partial charge in [0.1, 0.15) is 18.1 Å². The van der Waals surface area contributed by atoms with Crippen LogP contribution in [0.5, 0.6) is 0 Å². The summed E-state index contributed by atoms with van der Waals surface area (Å²) in [5.74, 6) is 0.138.